The predicted octanol–water partition coefficient (Wildman–Crippen LogP) is 5.03. The van der Waals surface area contributed by atoms with Gasteiger partial charge in [-0.1, -0.05) is 36.4 Å². The van der Waals surface area contributed by atoms with Crippen LogP contribution < -0.4 is 26.2 Å². The zero-order chi connectivity index (χ0) is 22.2. The summed E-state index contributed by atoms with van der Waals surface area (Å²) in [7, 11) is 3.95. The molecule has 7 nitrogen and oxygen atoms in total. The Morgan fingerprint density at radius 3 is 2.26 bits per heavy atom. The third-order valence-corrected chi connectivity index (χ3v) is 4.66. The molecule has 0 aliphatic heterocycles. The van der Waals surface area contributed by atoms with E-state index >= 15 is 0 Å². The van der Waals surface area contributed by atoms with Crippen LogP contribution in [0.5, 0.6) is 0 Å². The third kappa shape index (κ3) is 6.50. The lowest BCUT2D eigenvalue weighted by molar-refractivity contribution is 0.251. The van der Waals surface area contributed by atoms with E-state index < -0.39 is 0 Å². The molecule has 0 aliphatic rings. The lowest BCUT2D eigenvalue weighted by Crippen LogP contribution is -2.28. The summed E-state index contributed by atoms with van der Waals surface area (Å²) in [6.07, 6.45) is 0. The first-order chi connectivity index (χ1) is 14.9. The van der Waals surface area contributed by atoms with Gasteiger partial charge in [0.1, 0.15) is 0 Å². The van der Waals surface area contributed by atoms with E-state index in [1.165, 1.54) is 0 Å². The van der Waals surface area contributed by atoms with Gasteiger partial charge in [0.15, 0.2) is 0 Å². The molecule has 0 saturated heterocycles. The Labute approximate surface area is 182 Å². The lowest BCUT2D eigenvalue weighted by atomic mass is 10.2. The number of carbonyl (C=O) groups excluding carboxylic acids is 2. The summed E-state index contributed by atoms with van der Waals surface area (Å²) in [5.74, 6) is 0. The molecule has 7 heteroatoms. The molecule has 3 rings (SSSR count). The van der Waals surface area contributed by atoms with Crippen LogP contribution in [-0.4, -0.2) is 26.2 Å². The zero-order valence-corrected chi connectivity index (χ0v) is 17.9. The van der Waals surface area contributed by atoms with Crippen molar-refractivity contribution in [3.05, 3.63) is 83.9 Å². The first kappa shape index (κ1) is 21.7. The van der Waals surface area contributed by atoms with Crippen molar-refractivity contribution in [1.82, 2.24) is 5.32 Å². The van der Waals surface area contributed by atoms with Gasteiger partial charge in [0.05, 0.1) is 0 Å². The lowest BCUT2D eigenvalue weighted by Gasteiger charge is -2.15. The van der Waals surface area contributed by atoms with Crippen LogP contribution >= 0.6 is 0 Å². The maximum absolute atomic E-state index is 12.4. The van der Waals surface area contributed by atoms with Crippen LogP contribution in [0.2, 0.25) is 0 Å². The van der Waals surface area contributed by atoms with E-state index in [9.17, 15) is 9.59 Å². The summed E-state index contributed by atoms with van der Waals surface area (Å²) in [4.78, 5) is 26.6. The molecule has 0 radical (unpaired) electrons. The number of rotatable bonds is 6. The van der Waals surface area contributed by atoms with E-state index in [1.807, 2.05) is 74.4 Å². The standard InChI is InChI=1S/C24H27N5O2/c1-17-12-13-20(27-24(31)26-19-9-5-4-6-10-19)15-22(17)28-23(30)25-16-18-8-7-11-21(14-18)29(2)3/h4-15H,16H2,1-3H3,(H2,25,28,30)(H2,26,27,31). The van der Waals surface area contributed by atoms with Crippen molar-refractivity contribution in [2.45, 2.75) is 13.5 Å². The van der Waals surface area contributed by atoms with Gasteiger partial charge in [-0.15, -0.1) is 0 Å². The monoisotopic (exact) mass is 417 g/mol. The highest BCUT2D eigenvalue weighted by Crippen LogP contribution is 2.21. The molecular formula is C24H27N5O2. The number of benzene rings is 3. The van der Waals surface area contributed by atoms with E-state index in [2.05, 4.69) is 21.3 Å². The van der Waals surface area contributed by atoms with E-state index in [0.29, 0.717) is 23.6 Å². The average Bonchev–Trinajstić information content (AvgIpc) is 2.75. The Balaban J connectivity index is 1.57. The van der Waals surface area contributed by atoms with E-state index in [-0.39, 0.29) is 12.1 Å². The molecular weight excluding hydrogens is 390 g/mol. The summed E-state index contributed by atoms with van der Waals surface area (Å²) in [5.41, 5.74) is 4.86. The molecule has 0 bridgehead atoms. The molecule has 0 aromatic heterocycles. The van der Waals surface area contributed by atoms with Gasteiger partial charge in [-0.2, -0.15) is 0 Å². The summed E-state index contributed by atoms with van der Waals surface area (Å²) in [6.45, 7) is 2.30. The Hall–Kier alpha value is -4.00. The SMILES string of the molecule is Cc1ccc(NC(=O)Nc2ccccc2)cc1NC(=O)NCc1cccc(N(C)C)c1. The predicted molar refractivity (Wildman–Crippen MR) is 127 cm³/mol. The fourth-order valence-electron chi connectivity index (χ4n) is 2.94. The van der Waals surface area contributed by atoms with E-state index in [0.717, 1.165) is 16.8 Å². The Morgan fingerprint density at radius 2 is 1.52 bits per heavy atom. The molecule has 4 amide bonds. The summed E-state index contributed by atoms with van der Waals surface area (Å²) < 4.78 is 0. The van der Waals surface area contributed by atoms with Crippen molar-refractivity contribution in [3.8, 4) is 0 Å². The molecule has 31 heavy (non-hydrogen) atoms. The van der Waals surface area contributed by atoms with Gasteiger partial charge in [-0.3, -0.25) is 0 Å². The number of aryl methyl sites for hydroxylation is 1. The van der Waals surface area contributed by atoms with Crippen molar-refractivity contribution < 1.29 is 9.59 Å². The largest absolute Gasteiger partial charge is 0.378 e. The molecule has 160 valence electrons. The van der Waals surface area contributed by atoms with Crippen LogP contribution in [0.4, 0.5) is 32.3 Å². The Kier molecular flexibility index (Phi) is 7.11. The van der Waals surface area contributed by atoms with Crippen molar-refractivity contribution >= 4 is 34.8 Å². The van der Waals surface area contributed by atoms with Gasteiger partial charge < -0.3 is 26.2 Å². The highest BCUT2D eigenvalue weighted by atomic mass is 16.2. The molecule has 4 N–H and O–H groups in total. The average molecular weight is 418 g/mol. The molecule has 0 fully saturated rings. The number of hydrogen-bond donors (Lipinski definition) is 4. The quantitative estimate of drug-likeness (QED) is 0.454. The second-order valence-electron chi connectivity index (χ2n) is 7.35. The molecule has 0 atom stereocenters. The van der Waals surface area contributed by atoms with Crippen LogP contribution in [0, 0.1) is 6.92 Å². The fourth-order valence-corrected chi connectivity index (χ4v) is 2.94. The minimum Gasteiger partial charge on any atom is -0.378 e. The maximum atomic E-state index is 12.4. The Morgan fingerprint density at radius 1 is 0.774 bits per heavy atom. The number of nitrogens with zero attached hydrogens (tertiary/aromatic N) is 1. The van der Waals surface area contributed by atoms with Gasteiger partial charge in [-0.25, -0.2) is 9.59 Å². The molecule has 0 spiro atoms. The van der Waals surface area contributed by atoms with Crippen LogP contribution in [0.3, 0.4) is 0 Å². The molecule has 3 aromatic rings. The second kappa shape index (κ2) is 10.2. The van der Waals surface area contributed by atoms with Crippen molar-refractivity contribution in [2.24, 2.45) is 0 Å². The van der Waals surface area contributed by atoms with Gasteiger partial charge in [0.2, 0.25) is 0 Å². The number of nitrogens with one attached hydrogen (secondary N) is 4. The van der Waals surface area contributed by atoms with Crippen LogP contribution in [0.15, 0.2) is 72.8 Å². The van der Waals surface area contributed by atoms with Gasteiger partial charge >= 0.3 is 12.1 Å². The third-order valence-electron chi connectivity index (χ3n) is 4.66. The minimum absolute atomic E-state index is 0.316. The van der Waals surface area contributed by atoms with E-state index in [4.69, 9.17) is 0 Å². The first-order valence-corrected chi connectivity index (χ1v) is 9.95. The zero-order valence-electron chi connectivity index (χ0n) is 17.9. The topological polar surface area (TPSA) is 85.5 Å². The summed E-state index contributed by atoms with van der Waals surface area (Å²) in [6, 6.07) is 21.8. The molecule has 0 saturated carbocycles. The van der Waals surface area contributed by atoms with Crippen LogP contribution in [-0.2, 0) is 6.54 Å². The van der Waals surface area contributed by atoms with Crippen molar-refractivity contribution in [2.75, 3.05) is 34.9 Å². The normalized spacial score (nSPS) is 10.2. The summed E-state index contributed by atoms with van der Waals surface area (Å²) in [5, 5.41) is 11.3. The molecule has 0 unspecified atom stereocenters. The first-order valence-electron chi connectivity index (χ1n) is 9.95. The van der Waals surface area contributed by atoms with E-state index in [1.54, 1.807) is 24.3 Å². The number of amides is 4. The summed E-state index contributed by atoms with van der Waals surface area (Å²) >= 11 is 0. The van der Waals surface area contributed by atoms with Gasteiger partial charge in [-0.05, 0) is 54.4 Å². The molecule has 3 aromatic carbocycles. The van der Waals surface area contributed by atoms with Gasteiger partial charge in [0, 0.05) is 43.4 Å². The van der Waals surface area contributed by atoms with Crippen molar-refractivity contribution in [1.29, 1.82) is 0 Å². The number of para-hydroxylation sites is 1. The van der Waals surface area contributed by atoms with Crippen LogP contribution in [0.1, 0.15) is 11.1 Å². The number of urea groups is 2. The number of carbonyl (C=O) groups is 2. The smallest absolute Gasteiger partial charge is 0.323 e. The maximum Gasteiger partial charge on any atom is 0.323 e. The molecule has 0 aliphatic carbocycles. The second-order valence-corrected chi connectivity index (χ2v) is 7.35. The fraction of sp³-hybridized carbons (Fsp3) is 0.167. The van der Waals surface area contributed by atoms with Gasteiger partial charge in [0.25, 0.3) is 0 Å². The highest BCUT2D eigenvalue weighted by molar-refractivity contribution is 6.00. The number of hydrogen-bond acceptors (Lipinski definition) is 3. The van der Waals surface area contributed by atoms with Crippen LogP contribution in [0.25, 0.3) is 0 Å². The molecule has 0 heterocycles. The number of anilines is 4. The minimum atomic E-state index is -0.355. The van der Waals surface area contributed by atoms with Crippen molar-refractivity contribution in [3.63, 3.8) is 0 Å². The Bertz CT molecular complexity index is 1050. The highest BCUT2D eigenvalue weighted by Gasteiger charge is 2.08.